The number of carbonyl (C=O) groups is 2. The molecule has 7 nitrogen and oxygen atoms in total. The topological polar surface area (TPSA) is 75.9 Å². The molecule has 1 amide bonds. The zero-order valence-electron chi connectivity index (χ0n) is 17.9. The van der Waals surface area contributed by atoms with Crippen LogP contribution in [0.5, 0.6) is 0 Å². The Morgan fingerprint density at radius 1 is 1.13 bits per heavy atom. The predicted molar refractivity (Wildman–Crippen MR) is 117 cm³/mol. The molecule has 3 aromatic rings. The number of ether oxygens (including phenoxy) is 1. The van der Waals surface area contributed by atoms with Crippen LogP contribution in [0, 0.1) is 6.92 Å². The van der Waals surface area contributed by atoms with Gasteiger partial charge in [0.2, 0.25) is 0 Å². The van der Waals surface area contributed by atoms with Crippen molar-refractivity contribution in [3.05, 3.63) is 71.7 Å². The summed E-state index contributed by atoms with van der Waals surface area (Å²) in [6.07, 6.45) is 1.19. The average Bonchev–Trinajstić information content (AvgIpc) is 3.28. The van der Waals surface area contributed by atoms with Gasteiger partial charge in [-0.05, 0) is 37.6 Å². The molecule has 1 saturated heterocycles. The third kappa shape index (κ3) is 4.03. The monoisotopic (exact) mass is 419 g/mol. The largest absolute Gasteiger partial charge is 0.464 e. The summed E-state index contributed by atoms with van der Waals surface area (Å²) < 4.78 is 10.3. The van der Waals surface area contributed by atoms with Gasteiger partial charge in [0.25, 0.3) is 5.91 Å². The first-order valence-corrected chi connectivity index (χ1v) is 10.2. The number of amides is 1. The van der Waals surface area contributed by atoms with Crippen LogP contribution in [0.3, 0.4) is 0 Å². The molecule has 0 saturated carbocycles. The van der Waals surface area contributed by atoms with Gasteiger partial charge in [-0.1, -0.05) is 30.3 Å². The van der Waals surface area contributed by atoms with E-state index in [1.54, 1.807) is 24.3 Å². The lowest BCUT2D eigenvalue weighted by molar-refractivity contribution is 0.0594. The van der Waals surface area contributed by atoms with E-state index in [-0.39, 0.29) is 23.4 Å². The van der Waals surface area contributed by atoms with Crippen molar-refractivity contribution in [2.24, 2.45) is 0 Å². The Balaban J connectivity index is 1.58. The second-order valence-electron chi connectivity index (χ2n) is 7.70. The molecule has 1 fully saturated rings. The first-order chi connectivity index (χ1) is 15.0. The number of hydrogen-bond donors (Lipinski definition) is 0. The van der Waals surface area contributed by atoms with Gasteiger partial charge in [0.05, 0.1) is 12.7 Å². The highest BCUT2D eigenvalue weighted by atomic mass is 16.5. The van der Waals surface area contributed by atoms with Crippen molar-refractivity contribution in [1.82, 2.24) is 9.88 Å². The zero-order valence-corrected chi connectivity index (χ0v) is 17.9. The number of anilines is 1. The van der Waals surface area contributed by atoms with Crippen LogP contribution in [0.1, 0.15) is 33.3 Å². The zero-order chi connectivity index (χ0) is 22.0. The van der Waals surface area contributed by atoms with Gasteiger partial charge in [-0.2, -0.15) is 0 Å². The van der Waals surface area contributed by atoms with E-state index in [1.165, 1.54) is 24.8 Å². The average molecular weight is 419 g/mol. The molecule has 31 heavy (non-hydrogen) atoms. The molecule has 0 spiro atoms. The fourth-order valence-electron chi connectivity index (χ4n) is 4.05. The van der Waals surface area contributed by atoms with Crippen LogP contribution in [0.25, 0.3) is 11.3 Å². The van der Waals surface area contributed by atoms with Crippen LogP contribution in [0.2, 0.25) is 0 Å². The number of piperazine rings is 1. The number of methoxy groups -OCH3 is 1. The molecule has 1 aliphatic rings. The summed E-state index contributed by atoms with van der Waals surface area (Å²) in [5.41, 5.74) is 3.44. The molecule has 1 atom stereocenters. The Morgan fingerprint density at radius 2 is 1.94 bits per heavy atom. The Kier molecular flexibility index (Phi) is 5.75. The normalized spacial score (nSPS) is 16.3. The highest BCUT2D eigenvalue weighted by molar-refractivity contribution is 6.03. The molecule has 1 aromatic heterocycles. The molecule has 0 aliphatic carbocycles. The van der Waals surface area contributed by atoms with Gasteiger partial charge in [0.1, 0.15) is 0 Å². The maximum atomic E-state index is 13.4. The van der Waals surface area contributed by atoms with Gasteiger partial charge >= 0.3 is 5.97 Å². The van der Waals surface area contributed by atoms with E-state index in [0.717, 1.165) is 6.54 Å². The summed E-state index contributed by atoms with van der Waals surface area (Å²) in [5, 5.41) is 0. The van der Waals surface area contributed by atoms with Crippen LogP contribution in [0.4, 0.5) is 5.69 Å². The number of nitrogens with zero attached hydrogens (tertiary/aromatic N) is 3. The first-order valence-electron chi connectivity index (χ1n) is 10.2. The fraction of sp³-hybridized carbons (Fsp3) is 0.292. The number of aryl methyl sites for hydroxylation is 1. The Hall–Kier alpha value is -3.61. The number of rotatable bonds is 4. The molecule has 7 heteroatoms. The molecule has 2 aromatic carbocycles. The van der Waals surface area contributed by atoms with Crippen molar-refractivity contribution in [3.63, 3.8) is 0 Å². The number of esters is 1. The molecule has 2 heterocycles. The van der Waals surface area contributed by atoms with E-state index < -0.39 is 5.97 Å². The van der Waals surface area contributed by atoms with Crippen LogP contribution in [-0.2, 0) is 4.74 Å². The predicted octanol–water partition coefficient (Wildman–Crippen LogP) is 3.79. The molecule has 1 unspecified atom stereocenters. The minimum atomic E-state index is -0.605. The molecule has 0 radical (unpaired) electrons. The van der Waals surface area contributed by atoms with Crippen molar-refractivity contribution in [3.8, 4) is 11.3 Å². The van der Waals surface area contributed by atoms with Crippen molar-refractivity contribution in [1.29, 1.82) is 0 Å². The lowest BCUT2D eigenvalue weighted by Crippen LogP contribution is -2.53. The van der Waals surface area contributed by atoms with Gasteiger partial charge in [0.15, 0.2) is 17.8 Å². The van der Waals surface area contributed by atoms with Gasteiger partial charge < -0.3 is 19.0 Å². The van der Waals surface area contributed by atoms with E-state index in [9.17, 15) is 9.59 Å². The van der Waals surface area contributed by atoms with Crippen LogP contribution in [-0.4, -0.2) is 54.5 Å². The van der Waals surface area contributed by atoms with Crippen molar-refractivity contribution in [2.75, 3.05) is 31.6 Å². The third-order valence-corrected chi connectivity index (χ3v) is 5.60. The molecule has 1 aliphatic heterocycles. The standard InChI is InChI=1S/C24H25N3O4/c1-16-7-6-8-18(13-16)27-12-11-26(14-17(27)2)23(28)20-10-5-4-9-19(20)22-21(24(29)30-3)25-15-31-22/h4-10,13,15,17H,11-12,14H2,1-3H3. The number of carbonyl (C=O) groups excluding carboxylic acids is 2. The molecule has 160 valence electrons. The number of oxazole rings is 1. The third-order valence-electron chi connectivity index (χ3n) is 5.60. The number of aromatic nitrogens is 1. The van der Waals surface area contributed by atoms with Gasteiger partial charge in [-0.3, -0.25) is 4.79 Å². The lowest BCUT2D eigenvalue weighted by atomic mass is 10.0. The minimum Gasteiger partial charge on any atom is -0.464 e. The fourth-order valence-corrected chi connectivity index (χ4v) is 4.05. The Bertz CT molecular complexity index is 1110. The second kappa shape index (κ2) is 8.63. The second-order valence-corrected chi connectivity index (χ2v) is 7.70. The first kappa shape index (κ1) is 20.7. The summed E-state index contributed by atoms with van der Waals surface area (Å²) in [7, 11) is 1.28. The molecular formula is C24H25N3O4. The van der Waals surface area contributed by atoms with Crippen molar-refractivity contribution >= 4 is 17.6 Å². The summed E-state index contributed by atoms with van der Waals surface area (Å²) in [5.74, 6) is -0.466. The quantitative estimate of drug-likeness (QED) is 0.599. The van der Waals surface area contributed by atoms with E-state index in [1.807, 2.05) is 4.90 Å². The summed E-state index contributed by atoms with van der Waals surface area (Å²) in [6.45, 7) is 6.15. The Labute approximate surface area is 181 Å². The summed E-state index contributed by atoms with van der Waals surface area (Å²) in [6, 6.07) is 15.7. The van der Waals surface area contributed by atoms with E-state index >= 15 is 0 Å². The molecular weight excluding hydrogens is 394 g/mol. The lowest BCUT2D eigenvalue weighted by Gasteiger charge is -2.41. The maximum absolute atomic E-state index is 13.4. The highest BCUT2D eigenvalue weighted by Crippen LogP contribution is 2.29. The van der Waals surface area contributed by atoms with Crippen molar-refractivity contribution in [2.45, 2.75) is 19.9 Å². The Morgan fingerprint density at radius 3 is 2.68 bits per heavy atom. The van der Waals surface area contributed by atoms with E-state index in [0.29, 0.717) is 24.2 Å². The molecule has 0 N–H and O–H groups in total. The van der Waals surface area contributed by atoms with Gasteiger partial charge in [-0.25, -0.2) is 9.78 Å². The van der Waals surface area contributed by atoms with Gasteiger partial charge in [0, 0.05) is 36.9 Å². The minimum absolute atomic E-state index is 0.0559. The van der Waals surface area contributed by atoms with Crippen LogP contribution >= 0.6 is 0 Å². The van der Waals surface area contributed by atoms with E-state index in [4.69, 9.17) is 9.15 Å². The van der Waals surface area contributed by atoms with Crippen LogP contribution < -0.4 is 4.90 Å². The van der Waals surface area contributed by atoms with Crippen LogP contribution in [0.15, 0.2) is 59.3 Å². The van der Waals surface area contributed by atoms with Crippen molar-refractivity contribution < 1.29 is 18.7 Å². The number of benzene rings is 2. The number of hydrogen-bond acceptors (Lipinski definition) is 6. The van der Waals surface area contributed by atoms with Gasteiger partial charge in [-0.15, -0.1) is 0 Å². The molecule has 4 rings (SSSR count). The SMILES string of the molecule is COC(=O)c1ncoc1-c1ccccc1C(=O)N1CCN(c2cccc(C)c2)C(C)C1. The summed E-state index contributed by atoms with van der Waals surface area (Å²) >= 11 is 0. The summed E-state index contributed by atoms with van der Waals surface area (Å²) in [4.78, 5) is 33.6. The van der Waals surface area contributed by atoms with E-state index in [2.05, 4.69) is 48.0 Å². The molecule has 0 bridgehead atoms. The smallest absolute Gasteiger partial charge is 0.360 e. The maximum Gasteiger partial charge on any atom is 0.360 e. The highest BCUT2D eigenvalue weighted by Gasteiger charge is 2.30.